The zero-order valence-corrected chi connectivity index (χ0v) is 19.3. The number of benzene rings is 1. The summed E-state index contributed by atoms with van der Waals surface area (Å²) >= 11 is 0. The van der Waals surface area contributed by atoms with Crippen LogP contribution in [0.1, 0.15) is 25.8 Å². The number of phenols is 1. The van der Waals surface area contributed by atoms with Crippen LogP contribution in [0.25, 0.3) is 0 Å². The fraction of sp³-hybridized carbons (Fsp3) is 0.650. The van der Waals surface area contributed by atoms with Gasteiger partial charge in [-0.15, -0.1) is 24.0 Å². The van der Waals surface area contributed by atoms with Crippen LogP contribution in [0.2, 0.25) is 0 Å². The molecule has 7 nitrogen and oxygen atoms in total. The number of nitrogens with one attached hydrogen (secondary N) is 2. The fourth-order valence-electron chi connectivity index (χ4n) is 3.04. The van der Waals surface area contributed by atoms with Crippen LogP contribution < -0.4 is 10.6 Å². The number of hydrogen-bond acceptors (Lipinski definition) is 5. The van der Waals surface area contributed by atoms with Crippen molar-refractivity contribution in [3.63, 3.8) is 0 Å². The average Bonchev–Trinajstić information content (AvgIpc) is 2.65. The summed E-state index contributed by atoms with van der Waals surface area (Å²) in [5, 5.41) is 26.5. The van der Waals surface area contributed by atoms with Crippen LogP contribution in [-0.4, -0.2) is 79.2 Å². The Labute approximate surface area is 185 Å². The smallest absolute Gasteiger partial charge is 0.191 e. The van der Waals surface area contributed by atoms with E-state index in [0.717, 1.165) is 58.2 Å². The van der Waals surface area contributed by atoms with E-state index >= 15 is 0 Å². The number of guanidine groups is 1. The summed E-state index contributed by atoms with van der Waals surface area (Å²) in [5.74, 6) is 1.02. The molecular weight excluding hydrogens is 471 g/mol. The maximum Gasteiger partial charge on any atom is 0.191 e. The highest BCUT2D eigenvalue weighted by Gasteiger charge is 2.25. The van der Waals surface area contributed by atoms with Crippen molar-refractivity contribution in [2.24, 2.45) is 4.99 Å². The molecule has 0 bridgehead atoms. The van der Waals surface area contributed by atoms with E-state index in [4.69, 9.17) is 4.74 Å². The van der Waals surface area contributed by atoms with Gasteiger partial charge in [0.05, 0.1) is 25.4 Å². The van der Waals surface area contributed by atoms with Gasteiger partial charge in [0.2, 0.25) is 0 Å². The van der Waals surface area contributed by atoms with E-state index in [0.29, 0.717) is 18.8 Å². The minimum atomic E-state index is -0.869. The predicted octanol–water partition coefficient (Wildman–Crippen LogP) is 1.58. The van der Waals surface area contributed by atoms with E-state index in [2.05, 4.69) is 20.5 Å². The maximum atomic E-state index is 10.7. The number of nitrogens with zero attached hydrogens (tertiary/aromatic N) is 2. The summed E-state index contributed by atoms with van der Waals surface area (Å²) in [6, 6.07) is 7.31. The second-order valence-electron chi connectivity index (χ2n) is 7.28. The van der Waals surface area contributed by atoms with Crippen molar-refractivity contribution >= 4 is 29.9 Å². The van der Waals surface area contributed by atoms with Gasteiger partial charge >= 0.3 is 0 Å². The Morgan fingerprint density at radius 1 is 1.21 bits per heavy atom. The Morgan fingerprint density at radius 3 is 2.54 bits per heavy atom. The van der Waals surface area contributed by atoms with E-state index in [-0.39, 0.29) is 24.0 Å². The van der Waals surface area contributed by atoms with Gasteiger partial charge in [-0.2, -0.15) is 0 Å². The van der Waals surface area contributed by atoms with Gasteiger partial charge in [0, 0.05) is 32.7 Å². The molecular formula is C20H35IN4O3. The number of aliphatic imine (C=N–C) groups is 1. The average molecular weight is 506 g/mol. The van der Waals surface area contributed by atoms with Gasteiger partial charge in [0.1, 0.15) is 5.75 Å². The zero-order valence-electron chi connectivity index (χ0n) is 17.0. The van der Waals surface area contributed by atoms with Crippen LogP contribution in [0.4, 0.5) is 0 Å². The number of morpholine rings is 1. The van der Waals surface area contributed by atoms with Gasteiger partial charge < -0.3 is 25.6 Å². The molecule has 1 aromatic rings. The third-order valence-corrected chi connectivity index (χ3v) is 4.46. The standard InChI is InChI=1S/C20H34N4O3.HI/c1-3-21-19(22-10-4-5-17-6-8-18(25)9-7-17)23-15-20(2,26)16-24-11-13-27-14-12-24;/h6-9,25-26H,3-5,10-16H2,1-2H3,(H2,21,22,23);1H. The van der Waals surface area contributed by atoms with Crippen molar-refractivity contribution in [2.75, 3.05) is 52.5 Å². The highest BCUT2D eigenvalue weighted by molar-refractivity contribution is 14.0. The van der Waals surface area contributed by atoms with Crippen LogP contribution in [0, 0.1) is 0 Å². The Balaban J connectivity index is 0.00000392. The highest BCUT2D eigenvalue weighted by atomic mass is 127. The lowest BCUT2D eigenvalue weighted by Gasteiger charge is -2.33. The molecule has 0 spiro atoms. The number of aromatic hydroxyl groups is 1. The van der Waals surface area contributed by atoms with E-state index in [9.17, 15) is 10.2 Å². The summed E-state index contributed by atoms with van der Waals surface area (Å²) in [5.41, 5.74) is 0.330. The zero-order chi connectivity index (χ0) is 19.5. The molecule has 1 aliphatic heterocycles. The summed E-state index contributed by atoms with van der Waals surface area (Å²) in [6.07, 6.45) is 1.89. The van der Waals surface area contributed by atoms with Crippen LogP contribution in [0.5, 0.6) is 5.75 Å². The fourth-order valence-corrected chi connectivity index (χ4v) is 3.04. The molecule has 4 N–H and O–H groups in total. The van der Waals surface area contributed by atoms with Crippen LogP contribution in [0.15, 0.2) is 29.3 Å². The Kier molecular flexibility index (Phi) is 11.7. The molecule has 0 amide bonds. The molecule has 28 heavy (non-hydrogen) atoms. The molecule has 1 heterocycles. The van der Waals surface area contributed by atoms with E-state index in [1.807, 2.05) is 26.0 Å². The van der Waals surface area contributed by atoms with Gasteiger partial charge in [-0.05, 0) is 44.4 Å². The summed E-state index contributed by atoms with van der Waals surface area (Å²) in [7, 11) is 0. The van der Waals surface area contributed by atoms with Gasteiger partial charge in [-0.1, -0.05) is 12.1 Å². The van der Waals surface area contributed by atoms with Crippen molar-refractivity contribution in [3.8, 4) is 5.75 Å². The van der Waals surface area contributed by atoms with Crippen LogP contribution in [0.3, 0.4) is 0 Å². The molecule has 0 aromatic heterocycles. The molecule has 1 unspecified atom stereocenters. The van der Waals surface area contributed by atoms with Crippen LogP contribution in [-0.2, 0) is 11.2 Å². The van der Waals surface area contributed by atoms with Crippen molar-refractivity contribution in [1.82, 2.24) is 15.5 Å². The van der Waals surface area contributed by atoms with Gasteiger partial charge in [-0.3, -0.25) is 9.89 Å². The quantitative estimate of drug-likeness (QED) is 0.176. The second-order valence-corrected chi connectivity index (χ2v) is 7.28. The van der Waals surface area contributed by atoms with Crippen molar-refractivity contribution < 1.29 is 14.9 Å². The molecule has 1 aliphatic rings. The molecule has 1 fully saturated rings. The topological polar surface area (TPSA) is 89.4 Å². The van der Waals surface area contributed by atoms with Gasteiger partial charge in [0.15, 0.2) is 5.96 Å². The molecule has 160 valence electrons. The van der Waals surface area contributed by atoms with Crippen molar-refractivity contribution in [3.05, 3.63) is 29.8 Å². The minimum Gasteiger partial charge on any atom is -0.508 e. The second kappa shape index (κ2) is 13.2. The number of hydrogen-bond donors (Lipinski definition) is 4. The van der Waals surface area contributed by atoms with Crippen molar-refractivity contribution in [1.29, 1.82) is 0 Å². The molecule has 1 atom stereocenters. The Bertz CT molecular complexity index is 575. The first kappa shape index (κ1) is 24.9. The lowest BCUT2D eigenvalue weighted by molar-refractivity contribution is -0.0179. The number of aliphatic hydroxyl groups is 1. The molecule has 8 heteroatoms. The molecule has 2 rings (SSSR count). The lowest BCUT2D eigenvalue weighted by atomic mass is 10.1. The van der Waals surface area contributed by atoms with Crippen molar-refractivity contribution in [2.45, 2.75) is 32.3 Å². The monoisotopic (exact) mass is 506 g/mol. The largest absolute Gasteiger partial charge is 0.508 e. The summed E-state index contributed by atoms with van der Waals surface area (Å²) in [6.45, 7) is 9.53. The first-order valence-corrected chi connectivity index (χ1v) is 9.81. The third-order valence-electron chi connectivity index (χ3n) is 4.46. The van der Waals surface area contributed by atoms with Gasteiger partial charge in [0.25, 0.3) is 0 Å². The number of ether oxygens (including phenoxy) is 1. The molecule has 0 saturated carbocycles. The highest BCUT2D eigenvalue weighted by Crippen LogP contribution is 2.11. The van der Waals surface area contributed by atoms with E-state index in [1.54, 1.807) is 12.1 Å². The number of aryl methyl sites for hydroxylation is 1. The maximum absolute atomic E-state index is 10.7. The first-order valence-electron chi connectivity index (χ1n) is 9.81. The normalized spacial score (nSPS) is 17.5. The number of phenolic OH excluding ortho intramolecular Hbond substituents is 1. The lowest BCUT2D eigenvalue weighted by Crippen LogP contribution is -2.48. The first-order chi connectivity index (χ1) is 13.0. The SMILES string of the molecule is CCNC(=NCC(C)(O)CN1CCOCC1)NCCCc1ccc(O)cc1.I. The van der Waals surface area contributed by atoms with E-state index < -0.39 is 5.60 Å². The minimum absolute atomic E-state index is 0. The predicted molar refractivity (Wildman–Crippen MR) is 124 cm³/mol. The number of β-amino-alcohol motifs (C(OH)–C–C–N with tert-alkyl or cyclic N) is 1. The van der Waals surface area contributed by atoms with E-state index in [1.165, 1.54) is 5.56 Å². The van der Waals surface area contributed by atoms with Gasteiger partial charge in [-0.25, -0.2) is 0 Å². The summed E-state index contributed by atoms with van der Waals surface area (Å²) < 4.78 is 5.35. The molecule has 0 aliphatic carbocycles. The third kappa shape index (κ3) is 9.90. The Morgan fingerprint density at radius 2 is 1.89 bits per heavy atom. The number of rotatable bonds is 9. The molecule has 1 saturated heterocycles. The Hall–Kier alpha value is -1.10. The molecule has 0 radical (unpaired) electrons. The molecule has 1 aromatic carbocycles. The summed E-state index contributed by atoms with van der Waals surface area (Å²) in [4.78, 5) is 6.78. The van der Waals surface area contributed by atoms with Crippen LogP contribution >= 0.6 is 24.0 Å². The number of halogens is 1.